The molecule has 0 aliphatic carbocycles. The van der Waals surface area contributed by atoms with Gasteiger partial charge in [-0.05, 0) is 17.5 Å². The molecule has 0 saturated heterocycles. The van der Waals surface area contributed by atoms with E-state index in [1.807, 2.05) is 60.0 Å². The number of thiophene rings is 1. The number of anilines is 2. The number of hydrogen-bond acceptors (Lipinski definition) is 4. The molecular weight excluding hydrogens is 360 g/mol. The Morgan fingerprint density at radius 1 is 1.04 bits per heavy atom. The number of fused-ring (bicyclic) bond motifs is 1. The highest BCUT2D eigenvalue weighted by Gasteiger charge is 2.26. The Labute approximate surface area is 160 Å². The summed E-state index contributed by atoms with van der Waals surface area (Å²) in [5.74, 6) is -0.395. The average Bonchev–Trinajstić information content (AvgIpc) is 3.14. The molecule has 27 heavy (non-hydrogen) atoms. The van der Waals surface area contributed by atoms with Gasteiger partial charge in [-0.3, -0.25) is 4.79 Å². The molecule has 0 bridgehead atoms. The third kappa shape index (κ3) is 3.73. The summed E-state index contributed by atoms with van der Waals surface area (Å²) in [6.45, 7) is 0. The summed E-state index contributed by atoms with van der Waals surface area (Å²) >= 11 is 1.47. The Kier molecular flexibility index (Phi) is 4.67. The van der Waals surface area contributed by atoms with Gasteiger partial charge in [0.15, 0.2) is 0 Å². The first kappa shape index (κ1) is 17.0. The van der Waals surface area contributed by atoms with Crippen LogP contribution in [0.25, 0.3) is 0 Å². The maximum absolute atomic E-state index is 12.6. The van der Waals surface area contributed by atoms with Crippen molar-refractivity contribution in [3.63, 3.8) is 0 Å². The highest BCUT2D eigenvalue weighted by molar-refractivity contribution is 7.08. The van der Waals surface area contributed by atoms with Crippen LogP contribution in [0.2, 0.25) is 0 Å². The van der Waals surface area contributed by atoms with Crippen LogP contribution in [0.4, 0.5) is 16.2 Å². The maximum Gasteiger partial charge on any atom is 0.321 e. The van der Waals surface area contributed by atoms with Crippen molar-refractivity contribution in [2.75, 3.05) is 10.6 Å². The summed E-state index contributed by atoms with van der Waals surface area (Å²) in [5, 5.41) is 11.8. The van der Waals surface area contributed by atoms with Gasteiger partial charge in [0.25, 0.3) is 5.91 Å². The van der Waals surface area contributed by atoms with Crippen LogP contribution in [-0.2, 0) is 4.79 Å². The van der Waals surface area contributed by atoms with Crippen molar-refractivity contribution < 1.29 is 9.59 Å². The minimum absolute atomic E-state index is 0.395. The smallest absolute Gasteiger partial charge is 0.321 e. The number of aliphatic imine (C=N–C) groups is 1. The number of carbonyl (C=O) groups is 2. The van der Waals surface area contributed by atoms with Crippen LogP contribution in [0.1, 0.15) is 11.1 Å². The Bertz CT molecular complexity index is 1000. The Balaban J connectivity index is 1.68. The van der Waals surface area contributed by atoms with Gasteiger partial charge in [-0.1, -0.05) is 48.5 Å². The Morgan fingerprint density at radius 3 is 2.59 bits per heavy atom. The number of carbonyl (C=O) groups excluding carboxylic acids is 2. The molecule has 0 radical (unpaired) electrons. The quantitative estimate of drug-likeness (QED) is 0.652. The summed E-state index contributed by atoms with van der Waals surface area (Å²) in [7, 11) is 0. The van der Waals surface area contributed by atoms with E-state index in [-0.39, 0.29) is 0 Å². The van der Waals surface area contributed by atoms with E-state index in [0.717, 1.165) is 11.1 Å². The topological polar surface area (TPSA) is 82.6 Å². The van der Waals surface area contributed by atoms with Crippen LogP contribution in [0.3, 0.4) is 0 Å². The number of benzene rings is 2. The molecule has 1 atom stereocenters. The lowest BCUT2D eigenvalue weighted by molar-refractivity contribution is -0.117. The number of benzodiazepines with no additional fused rings is 1. The minimum Gasteiger partial charge on any atom is -0.322 e. The molecule has 1 aromatic heterocycles. The van der Waals surface area contributed by atoms with Crippen molar-refractivity contribution in [2.24, 2.45) is 4.99 Å². The molecule has 0 spiro atoms. The second-order valence-electron chi connectivity index (χ2n) is 5.89. The van der Waals surface area contributed by atoms with Crippen molar-refractivity contribution in [3.05, 3.63) is 82.6 Å². The van der Waals surface area contributed by atoms with Gasteiger partial charge in [0.2, 0.25) is 6.17 Å². The van der Waals surface area contributed by atoms with Gasteiger partial charge < -0.3 is 16.0 Å². The number of para-hydroxylation sites is 1. The summed E-state index contributed by atoms with van der Waals surface area (Å²) in [5.41, 5.74) is 3.64. The lowest BCUT2D eigenvalue weighted by Gasteiger charge is -2.13. The molecule has 3 aromatic rings. The number of nitrogens with one attached hydrogen (secondary N) is 3. The van der Waals surface area contributed by atoms with E-state index in [1.54, 1.807) is 11.4 Å². The predicted molar refractivity (Wildman–Crippen MR) is 107 cm³/mol. The van der Waals surface area contributed by atoms with Gasteiger partial charge in [0, 0.05) is 16.5 Å². The normalized spacial score (nSPS) is 15.8. The first-order valence-corrected chi connectivity index (χ1v) is 9.28. The highest BCUT2D eigenvalue weighted by atomic mass is 32.1. The van der Waals surface area contributed by atoms with Gasteiger partial charge in [-0.15, -0.1) is 0 Å². The molecule has 1 unspecified atom stereocenters. The van der Waals surface area contributed by atoms with Crippen molar-refractivity contribution in [2.45, 2.75) is 6.17 Å². The molecule has 4 rings (SSSR count). The van der Waals surface area contributed by atoms with E-state index in [4.69, 9.17) is 0 Å². The molecule has 1 aliphatic heterocycles. The molecule has 0 fully saturated rings. The molecule has 0 saturated carbocycles. The zero-order valence-corrected chi connectivity index (χ0v) is 15.0. The molecule has 3 amide bonds. The van der Waals surface area contributed by atoms with Gasteiger partial charge in [-0.2, -0.15) is 11.3 Å². The predicted octanol–water partition coefficient (Wildman–Crippen LogP) is 3.69. The summed E-state index contributed by atoms with van der Waals surface area (Å²) < 4.78 is 0. The van der Waals surface area contributed by atoms with Crippen molar-refractivity contribution >= 4 is 40.4 Å². The average molecular weight is 376 g/mol. The molecule has 6 nitrogen and oxygen atoms in total. The van der Waals surface area contributed by atoms with Gasteiger partial charge in [0.1, 0.15) is 0 Å². The lowest BCUT2D eigenvalue weighted by atomic mass is 10.0. The van der Waals surface area contributed by atoms with Crippen LogP contribution >= 0.6 is 11.3 Å². The number of nitrogens with zero attached hydrogens (tertiary/aromatic N) is 1. The largest absolute Gasteiger partial charge is 0.322 e. The molecule has 7 heteroatoms. The third-order valence-electron chi connectivity index (χ3n) is 4.04. The van der Waals surface area contributed by atoms with E-state index in [2.05, 4.69) is 20.9 Å². The molecule has 2 aromatic carbocycles. The fourth-order valence-corrected chi connectivity index (χ4v) is 3.40. The Hall–Kier alpha value is -3.45. The van der Waals surface area contributed by atoms with E-state index in [1.165, 1.54) is 11.3 Å². The fraction of sp³-hybridized carbons (Fsp3) is 0.0500. The second kappa shape index (κ2) is 7.43. The maximum atomic E-state index is 12.6. The highest BCUT2D eigenvalue weighted by Crippen LogP contribution is 2.23. The van der Waals surface area contributed by atoms with Crippen molar-refractivity contribution in [1.29, 1.82) is 0 Å². The van der Waals surface area contributed by atoms with Crippen LogP contribution < -0.4 is 16.0 Å². The first-order chi connectivity index (χ1) is 13.2. The van der Waals surface area contributed by atoms with Gasteiger partial charge in [-0.25, -0.2) is 9.79 Å². The zero-order chi connectivity index (χ0) is 18.6. The second-order valence-corrected chi connectivity index (χ2v) is 6.67. The van der Waals surface area contributed by atoms with E-state index >= 15 is 0 Å². The molecule has 1 aliphatic rings. The van der Waals surface area contributed by atoms with Crippen LogP contribution in [-0.4, -0.2) is 23.8 Å². The number of rotatable bonds is 3. The molecular formula is C20H16N4O2S. The summed E-state index contributed by atoms with van der Waals surface area (Å²) in [6.07, 6.45) is -1.05. The van der Waals surface area contributed by atoms with Gasteiger partial charge in [0.05, 0.1) is 17.1 Å². The molecule has 3 N–H and O–H groups in total. The number of hydrogen-bond donors (Lipinski definition) is 3. The van der Waals surface area contributed by atoms with E-state index in [9.17, 15) is 9.59 Å². The van der Waals surface area contributed by atoms with Crippen LogP contribution in [0.15, 0.2) is 76.4 Å². The first-order valence-electron chi connectivity index (χ1n) is 8.34. The Morgan fingerprint density at radius 2 is 1.81 bits per heavy atom. The molecule has 2 heterocycles. The van der Waals surface area contributed by atoms with E-state index < -0.39 is 18.1 Å². The van der Waals surface area contributed by atoms with Gasteiger partial charge >= 0.3 is 6.03 Å². The molecule has 134 valence electrons. The standard InChI is InChI=1S/C20H16N4O2S/c25-19-18(24-20(26)21-14-10-11-27-12-14)23-17(13-6-2-1-3-7-13)15-8-4-5-9-16(15)22-19/h1-12,18H,(H,22,25)(H2,21,24,26). The minimum atomic E-state index is -1.05. The van der Waals surface area contributed by atoms with Crippen molar-refractivity contribution in [3.8, 4) is 0 Å². The monoisotopic (exact) mass is 376 g/mol. The van der Waals surface area contributed by atoms with Crippen molar-refractivity contribution in [1.82, 2.24) is 5.32 Å². The zero-order valence-electron chi connectivity index (χ0n) is 14.2. The number of amides is 3. The lowest BCUT2D eigenvalue weighted by Crippen LogP contribution is -2.44. The fourth-order valence-electron chi connectivity index (χ4n) is 2.81. The third-order valence-corrected chi connectivity index (χ3v) is 4.72. The van der Waals surface area contributed by atoms with Crippen LogP contribution in [0, 0.1) is 0 Å². The number of urea groups is 1. The summed E-state index contributed by atoms with van der Waals surface area (Å²) in [6, 6.07) is 18.3. The van der Waals surface area contributed by atoms with Crippen LogP contribution in [0.5, 0.6) is 0 Å². The summed E-state index contributed by atoms with van der Waals surface area (Å²) in [4.78, 5) is 29.5. The van der Waals surface area contributed by atoms with E-state index in [0.29, 0.717) is 17.1 Å². The SMILES string of the molecule is O=C(Nc1ccsc1)NC1N=C(c2ccccc2)c2ccccc2NC1=O.